The SMILES string of the molecule is COc1ccc(F)cc1C(NN)c1cc(F)ccc1Br. The molecule has 106 valence electrons. The van der Waals surface area contributed by atoms with Crippen LogP contribution in [0.2, 0.25) is 0 Å². The van der Waals surface area contributed by atoms with Gasteiger partial charge in [0.15, 0.2) is 0 Å². The Bertz CT molecular complexity index is 622. The van der Waals surface area contributed by atoms with Crippen LogP contribution in [0.15, 0.2) is 40.9 Å². The Morgan fingerprint density at radius 3 is 2.30 bits per heavy atom. The van der Waals surface area contributed by atoms with Crippen LogP contribution in [0, 0.1) is 11.6 Å². The molecule has 0 aliphatic rings. The third kappa shape index (κ3) is 2.98. The molecule has 0 aliphatic heterocycles. The van der Waals surface area contributed by atoms with Crippen molar-refractivity contribution in [3.05, 3.63) is 63.6 Å². The average Bonchev–Trinajstić information content (AvgIpc) is 2.44. The average molecular weight is 343 g/mol. The maximum absolute atomic E-state index is 13.5. The molecule has 0 fully saturated rings. The number of rotatable bonds is 4. The van der Waals surface area contributed by atoms with Gasteiger partial charge in [-0.3, -0.25) is 5.84 Å². The van der Waals surface area contributed by atoms with Crippen LogP contribution in [-0.2, 0) is 0 Å². The topological polar surface area (TPSA) is 47.3 Å². The van der Waals surface area contributed by atoms with E-state index in [0.717, 1.165) is 0 Å². The normalized spacial score (nSPS) is 12.2. The van der Waals surface area contributed by atoms with Crippen molar-refractivity contribution < 1.29 is 13.5 Å². The van der Waals surface area contributed by atoms with Gasteiger partial charge >= 0.3 is 0 Å². The largest absolute Gasteiger partial charge is 0.496 e. The highest BCUT2D eigenvalue weighted by Gasteiger charge is 2.20. The molecule has 0 aromatic heterocycles. The Morgan fingerprint density at radius 1 is 1.10 bits per heavy atom. The first kappa shape index (κ1) is 14.9. The van der Waals surface area contributed by atoms with Crippen molar-refractivity contribution in [2.24, 2.45) is 5.84 Å². The van der Waals surface area contributed by atoms with Crippen molar-refractivity contribution in [3.8, 4) is 5.75 Å². The molecule has 1 atom stereocenters. The molecule has 0 saturated carbocycles. The molecular weight excluding hydrogens is 330 g/mol. The maximum atomic E-state index is 13.5. The second-order valence-corrected chi connectivity index (χ2v) is 5.01. The molecule has 1 unspecified atom stereocenters. The first-order valence-electron chi connectivity index (χ1n) is 5.81. The molecule has 2 aromatic rings. The van der Waals surface area contributed by atoms with Crippen molar-refractivity contribution in [2.75, 3.05) is 7.11 Å². The van der Waals surface area contributed by atoms with Gasteiger partial charge in [-0.1, -0.05) is 15.9 Å². The van der Waals surface area contributed by atoms with Crippen LogP contribution in [-0.4, -0.2) is 7.11 Å². The number of nitrogens with one attached hydrogen (secondary N) is 1. The third-order valence-electron chi connectivity index (χ3n) is 2.94. The number of nitrogens with two attached hydrogens (primary N) is 1. The molecule has 0 bridgehead atoms. The summed E-state index contributed by atoms with van der Waals surface area (Å²) in [6.07, 6.45) is 0. The number of methoxy groups -OCH3 is 1. The lowest BCUT2D eigenvalue weighted by molar-refractivity contribution is 0.402. The van der Waals surface area contributed by atoms with E-state index in [9.17, 15) is 8.78 Å². The third-order valence-corrected chi connectivity index (χ3v) is 3.66. The summed E-state index contributed by atoms with van der Waals surface area (Å²) in [5, 5.41) is 0. The summed E-state index contributed by atoms with van der Waals surface area (Å²) >= 11 is 3.34. The molecule has 3 N–H and O–H groups in total. The first-order chi connectivity index (χ1) is 9.56. The standard InChI is InChI=1S/C14H13BrF2N2O/c1-20-13-5-3-9(17)7-11(13)14(19-18)10-6-8(16)2-4-12(10)15/h2-7,14,19H,18H2,1H3. The summed E-state index contributed by atoms with van der Waals surface area (Å²) in [5.74, 6) is 5.20. The van der Waals surface area contributed by atoms with Crippen LogP contribution in [0.4, 0.5) is 8.78 Å². The van der Waals surface area contributed by atoms with E-state index in [-0.39, 0.29) is 0 Å². The van der Waals surface area contributed by atoms with Gasteiger partial charge in [0.05, 0.1) is 13.2 Å². The maximum Gasteiger partial charge on any atom is 0.124 e. The molecule has 3 nitrogen and oxygen atoms in total. The Balaban J connectivity index is 2.57. The smallest absolute Gasteiger partial charge is 0.124 e. The second kappa shape index (κ2) is 6.30. The van der Waals surface area contributed by atoms with E-state index in [0.29, 0.717) is 21.3 Å². The molecule has 0 radical (unpaired) electrons. The minimum absolute atomic E-state index is 0.404. The number of hydrogen-bond acceptors (Lipinski definition) is 3. The zero-order valence-corrected chi connectivity index (χ0v) is 12.2. The second-order valence-electron chi connectivity index (χ2n) is 4.15. The van der Waals surface area contributed by atoms with Gasteiger partial charge in [-0.2, -0.15) is 0 Å². The Labute approximate surface area is 123 Å². The van der Waals surface area contributed by atoms with Crippen molar-refractivity contribution in [1.82, 2.24) is 5.43 Å². The summed E-state index contributed by atoms with van der Waals surface area (Å²) < 4.78 is 32.8. The van der Waals surface area contributed by atoms with E-state index in [1.807, 2.05) is 0 Å². The molecule has 2 rings (SSSR count). The van der Waals surface area contributed by atoms with Gasteiger partial charge in [-0.25, -0.2) is 14.2 Å². The van der Waals surface area contributed by atoms with Crippen molar-refractivity contribution in [2.45, 2.75) is 6.04 Å². The van der Waals surface area contributed by atoms with Crippen molar-refractivity contribution in [3.63, 3.8) is 0 Å². The number of halogens is 3. The fourth-order valence-corrected chi connectivity index (χ4v) is 2.49. The van der Waals surface area contributed by atoms with Crippen molar-refractivity contribution >= 4 is 15.9 Å². The fraction of sp³-hybridized carbons (Fsp3) is 0.143. The Kier molecular flexibility index (Phi) is 4.69. The molecule has 6 heteroatoms. The minimum atomic E-state index is -0.606. The summed E-state index contributed by atoms with van der Waals surface area (Å²) in [5.41, 5.74) is 3.60. The molecule has 20 heavy (non-hydrogen) atoms. The van der Waals surface area contributed by atoms with E-state index in [1.165, 1.54) is 37.4 Å². The predicted molar refractivity (Wildman–Crippen MR) is 76.2 cm³/mol. The summed E-state index contributed by atoms with van der Waals surface area (Å²) in [6.45, 7) is 0. The first-order valence-corrected chi connectivity index (χ1v) is 6.60. The predicted octanol–water partition coefficient (Wildman–Crippen LogP) is 3.29. The monoisotopic (exact) mass is 342 g/mol. The van der Waals surface area contributed by atoms with Crippen LogP contribution in [0.1, 0.15) is 17.2 Å². The lowest BCUT2D eigenvalue weighted by Crippen LogP contribution is -2.29. The van der Waals surface area contributed by atoms with Gasteiger partial charge in [-0.05, 0) is 42.0 Å². The van der Waals surface area contributed by atoms with Gasteiger partial charge in [0.25, 0.3) is 0 Å². The van der Waals surface area contributed by atoms with Gasteiger partial charge in [0.1, 0.15) is 17.4 Å². The highest BCUT2D eigenvalue weighted by atomic mass is 79.9. The highest BCUT2D eigenvalue weighted by molar-refractivity contribution is 9.10. The zero-order chi connectivity index (χ0) is 14.7. The van der Waals surface area contributed by atoms with Crippen LogP contribution in [0.25, 0.3) is 0 Å². The lowest BCUT2D eigenvalue weighted by atomic mass is 9.98. The number of hydrazine groups is 1. The van der Waals surface area contributed by atoms with Gasteiger partial charge < -0.3 is 4.74 Å². The summed E-state index contributed by atoms with van der Waals surface area (Å²) in [6, 6.07) is 7.72. The quantitative estimate of drug-likeness (QED) is 0.662. The van der Waals surface area contributed by atoms with Crippen LogP contribution >= 0.6 is 15.9 Å². The molecular formula is C14H13BrF2N2O. The number of ether oxygens (including phenoxy) is 1. The van der Waals surface area contributed by atoms with E-state index >= 15 is 0 Å². The van der Waals surface area contributed by atoms with Crippen LogP contribution in [0.3, 0.4) is 0 Å². The van der Waals surface area contributed by atoms with Gasteiger partial charge in [-0.15, -0.1) is 0 Å². The minimum Gasteiger partial charge on any atom is -0.496 e. The Hall–Kier alpha value is -1.50. The lowest BCUT2D eigenvalue weighted by Gasteiger charge is -2.21. The summed E-state index contributed by atoms with van der Waals surface area (Å²) in [7, 11) is 1.48. The molecule has 2 aromatic carbocycles. The van der Waals surface area contributed by atoms with Crippen molar-refractivity contribution in [1.29, 1.82) is 0 Å². The van der Waals surface area contributed by atoms with Gasteiger partial charge in [0, 0.05) is 10.0 Å². The van der Waals surface area contributed by atoms with Crippen LogP contribution < -0.4 is 16.0 Å². The summed E-state index contributed by atoms with van der Waals surface area (Å²) in [4.78, 5) is 0. The molecule has 0 saturated heterocycles. The van der Waals surface area contributed by atoms with Gasteiger partial charge in [0.2, 0.25) is 0 Å². The van der Waals surface area contributed by atoms with E-state index in [2.05, 4.69) is 21.4 Å². The number of hydrogen-bond donors (Lipinski definition) is 2. The van der Waals surface area contributed by atoms with E-state index in [1.54, 1.807) is 6.07 Å². The zero-order valence-electron chi connectivity index (χ0n) is 10.7. The molecule has 0 spiro atoms. The Morgan fingerprint density at radius 2 is 1.70 bits per heavy atom. The van der Waals surface area contributed by atoms with Crippen LogP contribution in [0.5, 0.6) is 5.75 Å². The molecule has 0 heterocycles. The number of benzene rings is 2. The van der Waals surface area contributed by atoms with E-state index in [4.69, 9.17) is 10.6 Å². The molecule has 0 amide bonds. The highest BCUT2D eigenvalue weighted by Crippen LogP contribution is 2.34. The van der Waals surface area contributed by atoms with E-state index < -0.39 is 17.7 Å². The fourth-order valence-electron chi connectivity index (χ4n) is 2.01. The molecule has 0 aliphatic carbocycles.